The highest BCUT2D eigenvalue weighted by molar-refractivity contribution is 5.96. The summed E-state index contributed by atoms with van der Waals surface area (Å²) < 4.78 is 0. The van der Waals surface area contributed by atoms with Crippen molar-refractivity contribution in [1.29, 1.82) is 0 Å². The van der Waals surface area contributed by atoms with Gasteiger partial charge in [-0.1, -0.05) is 25.8 Å². The van der Waals surface area contributed by atoms with Gasteiger partial charge in [-0.25, -0.2) is 0 Å². The van der Waals surface area contributed by atoms with Crippen molar-refractivity contribution in [1.82, 2.24) is 5.32 Å². The molecule has 0 saturated heterocycles. The number of fused-ring (bicyclic) bond motifs is 1. The van der Waals surface area contributed by atoms with Crippen LogP contribution >= 0.6 is 0 Å². The molecule has 0 spiro atoms. The Hall–Kier alpha value is -1.55. The summed E-state index contributed by atoms with van der Waals surface area (Å²) in [4.78, 5) is 12.5. The fourth-order valence-electron chi connectivity index (χ4n) is 3.70. The number of amides is 1. The van der Waals surface area contributed by atoms with E-state index in [4.69, 9.17) is 0 Å². The molecule has 0 aromatic heterocycles. The van der Waals surface area contributed by atoms with Gasteiger partial charge in [-0.15, -0.1) is 0 Å². The summed E-state index contributed by atoms with van der Waals surface area (Å²) in [7, 11) is 0. The number of hydrogen-bond acceptors (Lipinski definition) is 3. The maximum Gasteiger partial charge on any atom is 0.251 e. The van der Waals surface area contributed by atoms with E-state index in [1.807, 2.05) is 18.2 Å². The van der Waals surface area contributed by atoms with Crippen LogP contribution in [0.4, 0.5) is 5.69 Å². The van der Waals surface area contributed by atoms with E-state index >= 15 is 0 Å². The van der Waals surface area contributed by atoms with Crippen molar-refractivity contribution >= 4 is 11.6 Å². The molecule has 1 aromatic rings. The van der Waals surface area contributed by atoms with E-state index in [0.717, 1.165) is 37.9 Å². The first kappa shape index (κ1) is 14.4. The van der Waals surface area contributed by atoms with E-state index in [9.17, 15) is 9.90 Å². The first-order chi connectivity index (χ1) is 10.1. The minimum Gasteiger partial charge on any atom is -0.394 e. The maximum absolute atomic E-state index is 12.5. The van der Waals surface area contributed by atoms with Crippen LogP contribution in [0.1, 0.15) is 48.5 Å². The summed E-state index contributed by atoms with van der Waals surface area (Å²) in [5.41, 5.74) is 2.57. The molecule has 3 N–H and O–H groups in total. The molecular formula is C17H24N2O2. The number of aliphatic hydroxyl groups excluding tert-OH is 1. The summed E-state index contributed by atoms with van der Waals surface area (Å²) in [6.07, 6.45) is 4.99. The van der Waals surface area contributed by atoms with Gasteiger partial charge in [-0.2, -0.15) is 0 Å². The molecule has 1 aliphatic carbocycles. The fourth-order valence-corrected chi connectivity index (χ4v) is 3.70. The van der Waals surface area contributed by atoms with Gasteiger partial charge < -0.3 is 15.7 Å². The van der Waals surface area contributed by atoms with Gasteiger partial charge in [-0.3, -0.25) is 4.79 Å². The second-order valence-corrected chi connectivity index (χ2v) is 6.64. The van der Waals surface area contributed by atoms with Crippen LogP contribution in [0.5, 0.6) is 0 Å². The number of hydrogen-bond donors (Lipinski definition) is 3. The molecule has 1 fully saturated rings. The quantitative estimate of drug-likeness (QED) is 0.800. The number of carbonyl (C=O) groups excluding carboxylic acids is 1. The van der Waals surface area contributed by atoms with E-state index in [1.165, 1.54) is 12.0 Å². The van der Waals surface area contributed by atoms with Crippen molar-refractivity contribution in [2.45, 2.75) is 44.6 Å². The van der Waals surface area contributed by atoms with Crippen molar-refractivity contribution in [3.05, 3.63) is 29.3 Å². The van der Waals surface area contributed by atoms with Gasteiger partial charge in [0.1, 0.15) is 0 Å². The molecule has 21 heavy (non-hydrogen) atoms. The molecule has 1 aliphatic heterocycles. The normalized spacial score (nSPS) is 27.8. The average Bonchev–Trinajstić information content (AvgIpc) is 2.94. The van der Waals surface area contributed by atoms with Crippen LogP contribution in [0, 0.1) is 5.92 Å². The summed E-state index contributed by atoms with van der Waals surface area (Å²) in [6.45, 7) is 3.15. The van der Waals surface area contributed by atoms with Gasteiger partial charge in [0.05, 0.1) is 12.1 Å². The Morgan fingerprint density at radius 2 is 2.38 bits per heavy atom. The second-order valence-electron chi connectivity index (χ2n) is 6.64. The number of aliphatic hydroxyl groups is 1. The molecule has 0 bridgehead atoms. The predicted octanol–water partition coefficient (Wildman–Crippen LogP) is 2.33. The molecule has 4 nitrogen and oxygen atoms in total. The molecular weight excluding hydrogens is 264 g/mol. The molecule has 1 aromatic carbocycles. The van der Waals surface area contributed by atoms with Gasteiger partial charge in [0.25, 0.3) is 5.91 Å². The van der Waals surface area contributed by atoms with Gasteiger partial charge in [0, 0.05) is 17.8 Å². The zero-order chi connectivity index (χ0) is 14.9. The Morgan fingerprint density at radius 3 is 3.14 bits per heavy atom. The molecule has 1 heterocycles. The third-order valence-electron chi connectivity index (χ3n) is 4.85. The van der Waals surface area contributed by atoms with E-state index in [-0.39, 0.29) is 12.5 Å². The Morgan fingerprint density at radius 1 is 1.52 bits per heavy atom. The topological polar surface area (TPSA) is 61.4 Å². The fraction of sp³-hybridized carbons (Fsp3) is 0.588. The maximum atomic E-state index is 12.5. The smallest absolute Gasteiger partial charge is 0.251 e. The lowest BCUT2D eigenvalue weighted by Gasteiger charge is -2.39. The number of benzene rings is 1. The number of anilines is 1. The zero-order valence-electron chi connectivity index (χ0n) is 12.6. The number of rotatable bonds is 3. The Kier molecular flexibility index (Phi) is 3.89. The predicted molar refractivity (Wildman–Crippen MR) is 83.6 cm³/mol. The summed E-state index contributed by atoms with van der Waals surface area (Å²) >= 11 is 0. The van der Waals surface area contributed by atoms with Gasteiger partial charge in [0.15, 0.2) is 0 Å². The highest BCUT2D eigenvalue weighted by atomic mass is 16.3. The average molecular weight is 288 g/mol. The molecule has 3 rings (SSSR count). The van der Waals surface area contributed by atoms with E-state index in [1.54, 1.807) is 0 Å². The largest absolute Gasteiger partial charge is 0.394 e. The third-order valence-corrected chi connectivity index (χ3v) is 4.85. The van der Waals surface area contributed by atoms with Crippen LogP contribution in [0.15, 0.2) is 18.2 Å². The standard InChI is InChI=1S/C17H24N2O2/c1-12-3-2-7-17(10-12,11-20)19-16(21)14-5-4-13-6-8-18-15(13)9-14/h4-5,9,12,18,20H,2-3,6-8,10-11H2,1H3,(H,19,21). The Labute approximate surface area is 125 Å². The molecule has 2 aliphatic rings. The molecule has 4 heteroatoms. The minimum atomic E-state index is -0.443. The monoisotopic (exact) mass is 288 g/mol. The molecule has 0 radical (unpaired) electrons. The molecule has 2 atom stereocenters. The lowest BCUT2D eigenvalue weighted by Crippen LogP contribution is -2.53. The lowest BCUT2D eigenvalue weighted by molar-refractivity contribution is 0.0697. The van der Waals surface area contributed by atoms with E-state index in [2.05, 4.69) is 17.6 Å². The summed E-state index contributed by atoms with van der Waals surface area (Å²) in [6, 6.07) is 5.84. The van der Waals surface area contributed by atoms with E-state index in [0.29, 0.717) is 11.5 Å². The zero-order valence-corrected chi connectivity index (χ0v) is 12.6. The Bertz CT molecular complexity index is 544. The van der Waals surface area contributed by atoms with Gasteiger partial charge in [-0.05, 0) is 42.9 Å². The summed E-state index contributed by atoms with van der Waals surface area (Å²) in [5, 5.41) is 16.2. The Balaban J connectivity index is 1.75. The minimum absolute atomic E-state index is 0.0201. The molecule has 1 saturated carbocycles. The SMILES string of the molecule is CC1CCCC(CO)(NC(=O)c2ccc3c(c2)NCC3)C1. The van der Waals surface area contributed by atoms with Crippen molar-refractivity contribution in [3.63, 3.8) is 0 Å². The highest BCUT2D eigenvalue weighted by Gasteiger charge is 2.36. The first-order valence-corrected chi connectivity index (χ1v) is 7.92. The molecule has 2 unspecified atom stereocenters. The van der Waals surface area contributed by atoms with Crippen LogP contribution in [0.3, 0.4) is 0 Å². The van der Waals surface area contributed by atoms with E-state index < -0.39 is 5.54 Å². The van der Waals surface area contributed by atoms with Gasteiger partial charge >= 0.3 is 0 Å². The lowest BCUT2D eigenvalue weighted by atomic mass is 9.76. The number of carbonyl (C=O) groups is 1. The third kappa shape index (κ3) is 2.91. The molecule has 1 amide bonds. The van der Waals surface area contributed by atoms with Crippen LogP contribution in [-0.2, 0) is 6.42 Å². The van der Waals surface area contributed by atoms with Crippen molar-refractivity contribution in [2.24, 2.45) is 5.92 Å². The second kappa shape index (κ2) is 5.68. The van der Waals surface area contributed by atoms with Crippen molar-refractivity contribution < 1.29 is 9.90 Å². The summed E-state index contributed by atoms with van der Waals surface area (Å²) in [5.74, 6) is 0.475. The van der Waals surface area contributed by atoms with Crippen LogP contribution in [0.2, 0.25) is 0 Å². The van der Waals surface area contributed by atoms with Crippen LogP contribution in [-0.4, -0.2) is 29.7 Å². The molecule has 114 valence electrons. The highest BCUT2D eigenvalue weighted by Crippen LogP contribution is 2.32. The van der Waals surface area contributed by atoms with Crippen molar-refractivity contribution in [2.75, 3.05) is 18.5 Å². The van der Waals surface area contributed by atoms with Crippen LogP contribution in [0.25, 0.3) is 0 Å². The van der Waals surface area contributed by atoms with Gasteiger partial charge in [0.2, 0.25) is 0 Å². The number of nitrogens with one attached hydrogen (secondary N) is 2. The first-order valence-electron chi connectivity index (χ1n) is 7.92. The van der Waals surface area contributed by atoms with Crippen molar-refractivity contribution in [3.8, 4) is 0 Å². The van der Waals surface area contributed by atoms with Crippen LogP contribution < -0.4 is 10.6 Å².